The van der Waals surface area contributed by atoms with E-state index >= 15 is 0 Å². The topological polar surface area (TPSA) is 21.3 Å². The third-order valence-corrected chi connectivity index (χ3v) is 5.26. The van der Waals surface area contributed by atoms with Crippen molar-refractivity contribution in [1.82, 2.24) is 5.23 Å². The minimum absolute atomic E-state index is 0.440. The molecular formula is C10H17BNO. The minimum Gasteiger partial charge on any atom is -0.419 e. The van der Waals surface area contributed by atoms with E-state index in [2.05, 4.69) is 26.0 Å². The molecule has 3 heteroatoms. The van der Waals surface area contributed by atoms with E-state index in [9.17, 15) is 0 Å². The van der Waals surface area contributed by atoms with Crippen LogP contribution in [-0.4, -0.2) is 19.8 Å². The van der Waals surface area contributed by atoms with Gasteiger partial charge in [-0.05, 0) is 29.6 Å². The lowest BCUT2D eigenvalue weighted by Gasteiger charge is -2.38. The first-order valence-corrected chi connectivity index (χ1v) is 5.30. The predicted octanol–water partition coefficient (Wildman–Crippen LogP) is 1.33. The van der Waals surface area contributed by atoms with E-state index in [4.69, 9.17) is 4.65 Å². The highest BCUT2D eigenvalue weighted by molar-refractivity contribution is 6.25. The summed E-state index contributed by atoms with van der Waals surface area (Å²) >= 11 is 0. The van der Waals surface area contributed by atoms with Gasteiger partial charge in [-0.15, -0.1) is 0 Å². The fourth-order valence-corrected chi connectivity index (χ4v) is 3.93. The molecule has 1 N–H and O–H groups in total. The summed E-state index contributed by atoms with van der Waals surface area (Å²) in [6.07, 6.45) is 3.16. The van der Waals surface area contributed by atoms with E-state index in [-0.39, 0.29) is 0 Å². The molecule has 2 bridgehead atoms. The van der Waals surface area contributed by atoms with Gasteiger partial charge in [0.15, 0.2) is 0 Å². The highest BCUT2D eigenvalue weighted by Gasteiger charge is 2.67. The van der Waals surface area contributed by atoms with Gasteiger partial charge in [-0.25, -0.2) is 0 Å². The van der Waals surface area contributed by atoms with Gasteiger partial charge in [0.2, 0.25) is 0 Å². The lowest BCUT2D eigenvalue weighted by Crippen LogP contribution is -2.45. The van der Waals surface area contributed by atoms with Crippen LogP contribution in [0.2, 0.25) is 0 Å². The van der Waals surface area contributed by atoms with Crippen LogP contribution in [0.4, 0.5) is 0 Å². The normalized spacial score (nSPS) is 56.4. The zero-order valence-electron chi connectivity index (χ0n) is 8.63. The fourth-order valence-electron chi connectivity index (χ4n) is 3.93. The summed E-state index contributed by atoms with van der Waals surface area (Å²) in [4.78, 5) is 0. The lowest BCUT2D eigenvalue weighted by atomic mass is 9.69. The Bertz CT molecular complexity index is 253. The number of rotatable bonds is 0. The van der Waals surface area contributed by atoms with Crippen LogP contribution in [0.3, 0.4) is 0 Å². The molecule has 0 aromatic carbocycles. The Morgan fingerprint density at radius 2 is 2.15 bits per heavy atom. The van der Waals surface area contributed by atoms with Crippen LogP contribution in [0.1, 0.15) is 33.6 Å². The maximum absolute atomic E-state index is 5.68. The lowest BCUT2D eigenvalue weighted by molar-refractivity contribution is 0.131. The Balaban J connectivity index is 2.07. The standard InChI is InChI=1S/C10H17BNO/c1-9(2)6-4-5-10(9,3)8-7(6)13-11-12-8/h6-8,12H,4-5H2,1-3H3/t6-,7+,8+,10+/m0/s1. The van der Waals surface area contributed by atoms with Gasteiger partial charge in [0.05, 0.1) is 6.10 Å². The van der Waals surface area contributed by atoms with E-state index in [1.807, 2.05) is 0 Å². The molecule has 13 heavy (non-hydrogen) atoms. The van der Waals surface area contributed by atoms with Gasteiger partial charge in [0, 0.05) is 6.04 Å². The molecule has 0 unspecified atom stereocenters. The summed E-state index contributed by atoms with van der Waals surface area (Å²) in [5.74, 6) is 0.758. The van der Waals surface area contributed by atoms with Crippen LogP contribution in [0.15, 0.2) is 0 Å². The third kappa shape index (κ3) is 0.711. The first-order valence-electron chi connectivity index (χ1n) is 5.30. The molecule has 0 spiro atoms. The Morgan fingerprint density at radius 1 is 1.38 bits per heavy atom. The van der Waals surface area contributed by atoms with Gasteiger partial charge in [-0.1, -0.05) is 20.8 Å². The monoisotopic (exact) mass is 178 g/mol. The van der Waals surface area contributed by atoms with Crippen molar-refractivity contribution in [2.24, 2.45) is 16.7 Å². The van der Waals surface area contributed by atoms with Gasteiger partial charge in [0.1, 0.15) is 0 Å². The molecule has 3 aliphatic rings. The maximum atomic E-state index is 5.68. The molecule has 4 atom stereocenters. The van der Waals surface area contributed by atoms with Crippen molar-refractivity contribution in [3.63, 3.8) is 0 Å². The molecule has 2 saturated carbocycles. The molecule has 1 heterocycles. The summed E-state index contributed by atoms with van der Waals surface area (Å²) in [6.45, 7) is 7.25. The van der Waals surface area contributed by atoms with Crippen LogP contribution < -0.4 is 5.23 Å². The highest BCUT2D eigenvalue weighted by Crippen LogP contribution is 2.66. The van der Waals surface area contributed by atoms with Crippen LogP contribution in [0.25, 0.3) is 0 Å². The van der Waals surface area contributed by atoms with E-state index in [0.29, 0.717) is 23.0 Å². The second-order valence-electron chi connectivity index (χ2n) is 5.65. The number of hydrogen-bond donors (Lipinski definition) is 1. The molecular weight excluding hydrogens is 161 g/mol. The molecule has 1 radical (unpaired) electrons. The van der Waals surface area contributed by atoms with Gasteiger partial charge >= 0.3 is 7.62 Å². The van der Waals surface area contributed by atoms with Gasteiger partial charge in [-0.3, -0.25) is 0 Å². The molecule has 0 aromatic rings. The molecule has 3 fully saturated rings. The summed E-state index contributed by atoms with van der Waals surface area (Å²) in [6, 6.07) is 0.571. The smallest absolute Gasteiger partial charge is 0.396 e. The zero-order chi connectivity index (χ0) is 9.27. The van der Waals surface area contributed by atoms with E-state index in [1.165, 1.54) is 12.8 Å². The minimum atomic E-state index is 0.440. The fraction of sp³-hybridized carbons (Fsp3) is 1.00. The average molecular weight is 178 g/mol. The predicted molar refractivity (Wildman–Crippen MR) is 52.2 cm³/mol. The third-order valence-electron chi connectivity index (χ3n) is 5.26. The maximum Gasteiger partial charge on any atom is 0.396 e. The van der Waals surface area contributed by atoms with Crippen molar-refractivity contribution in [1.29, 1.82) is 0 Å². The summed E-state index contributed by atoms with van der Waals surface area (Å²) in [5.41, 5.74) is 0.888. The van der Waals surface area contributed by atoms with Gasteiger partial charge < -0.3 is 9.88 Å². The molecule has 3 rings (SSSR count). The van der Waals surface area contributed by atoms with Crippen LogP contribution in [0.5, 0.6) is 0 Å². The quantitative estimate of drug-likeness (QED) is 0.565. The Kier molecular flexibility index (Phi) is 1.37. The zero-order valence-corrected chi connectivity index (χ0v) is 8.63. The van der Waals surface area contributed by atoms with Gasteiger partial charge in [-0.2, -0.15) is 0 Å². The number of hydrogen-bond acceptors (Lipinski definition) is 2. The average Bonchev–Trinajstić information content (AvgIpc) is 2.63. The van der Waals surface area contributed by atoms with Crippen molar-refractivity contribution >= 4 is 7.62 Å². The summed E-state index contributed by atoms with van der Waals surface area (Å²) in [7, 11) is 1.81. The summed E-state index contributed by atoms with van der Waals surface area (Å²) < 4.78 is 5.68. The van der Waals surface area contributed by atoms with Crippen molar-refractivity contribution in [3.05, 3.63) is 0 Å². The van der Waals surface area contributed by atoms with E-state index < -0.39 is 0 Å². The highest BCUT2D eigenvalue weighted by atomic mass is 16.5. The second-order valence-corrected chi connectivity index (χ2v) is 5.65. The molecule has 2 aliphatic carbocycles. The largest absolute Gasteiger partial charge is 0.419 e. The molecule has 0 amide bonds. The van der Waals surface area contributed by atoms with E-state index in [0.717, 1.165) is 5.92 Å². The number of fused-ring (bicyclic) bond motifs is 5. The Hall–Kier alpha value is -0.0151. The van der Waals surface area contributed by atoms with Crippen molar-refractivity contribution < 1.29 is 4.65 Å². The first kappa shape index (κ1) is 8.31. The van der Waals surface area contributed by atoms with E-state index in [1.54, 1.807) is 7.62 Å². The summed E-state index contributed by atoms with van der Waals surface area (Å²) in [5, 5.41) is 3.40. The Labute approximate surface area is 80.7 Å². The van der Waals surface area contributed by atoms with Crippen LogP contribution in [0, 0.1) is 16.7 Å². The Morgan fingerprint density at radius 3 is 2.85 bits per heavy atom. The molecule has 71 valence electrons. The van der Waals surface area contributed by atoms with Crippen molar-refractivity contribution in [3.8, 4) is 0 Å². The van der Waals surface area contributed by atoms with Crippen LogP contribution >= 0.6 is 0 Å². The molecule has 2 nitrogen and oxygen atoms in total. The van der Waals surface area contributed by atoms with Crippen molar-refractivity contribution in [2.75, 3.05) is 0 Å². The number of nitrogens with one attached hydrogen (secondary N) is 1. The SMILES string of the molecule is CC1(C)[C@H]2CC[C@]1(C)[C@@H]1N[B]O[C@@H]12. The molecule has 1 aliphatic heterocycles. The molecule has 0 aromatic heterocycles. The first-order chi connectivity index (χ1) is 6.07. The van der Waals surface area contributed by atoms with Crippen molar-refractivity contribution in [2.45, 2.75) is 45.8 Å². The van der Waals surface area contributed by atoms with Gasteiger partial charge in [0.25, 0.3) is 0 Å². The molecule has 1 saturated heterocycles. The second kappa shape index (κ2) is 2.14. The van der Waals surface area contributed by atoms with Crippen LogP contribution in [-0.2, 0) is 4.65 Å².